The minimum atomic E-state index is 0.214. The number of H-pyrrole nitrogens is 1. The number of aromatic amines is 1. The van der Waals surface area contributed by atoms with Crippen molar-refractivity contribution in [1.82, 2.24) is 25.3 Å². The van der Waals surface area contributed by atoms with E-state index in [1.54, 1.807) is 5.70 Å². The predicted octanol–water partition coefficient (Wildman–Crippen LogP) is 4.75. The summed E-state index contributed by atoms with van der Waals surface area (Å²) in [7, 11) is 2.23. The summed E-state index contributed by atoms with van der Waals surface area (Å²) in [4.78, 5) is 5.06. The molecule has 2 aliphatic carbocycles. The lowest BCUT2D eigenvalue weighted by Crippen LogP contribution is -2.44. The van der Waals surface area contributed by atoms with Crippen molar-refractivity contribution >= 4 is 11.6 Å². The summed E-state index contributed by atoms with van der Waals surface area (Å²) in [5.74, 6) is 1.12. The van der Waals surface area contributed by atoms with E-state index in [4.69, 9.17) is 0 Å². The number of piperazine rings is 1. The maximum absolute atomic E-state index is 4.26. The fraction of sp³-hybridized carbons (Fsp3) is 0.464. The number of unbranched alkanes of at least 4 members (excludes halogenated alkanes) is 1. The average molecular weight is 444 g/mol. The van der Waals surface area contributed by atoms with Crippen LogP contribution in [0.25, 0.3) is 11.6 Å². The first-order chi connectivity index (χ1) is 16.2. The first-order valence-corrected chi connectivity index (χ1v) is 12.5. The average Bonchev–Trinajstić information content (AvgIpc) is 3.49. The van der Waals surface area contributed by atoms with E-state index in [1.807, 2.05) is 12.3 Å². The molecule has 5 heteroatoms. The molecule has 1 fully saturated rings. The zero-order valence-corrected chi connectivity index (χ0v) is 20.1. The highest BCUT2D eigenvalue weighted by atomic mass is 15.3. The van der Waals surface area contributed by atoms with Crippen LogP contribution in [0, 0.1) is 11.8 Å². The molecule has 3 unspecified atom stereocenters. The van der Waals surface area contributed by atoms with E-state index in [-0.39, 0.29) is 6.04 Å². The van der Waals surface area contributed by atoms with Gasteiger partial charge in [0.15, 0.2) is 0 Å². The minimum absolute atomic E-state index is 0.214. The van der Waals surface area contributed by atoms with Crippen molar-refractivity contribution < 1.29 is 0 Å². The third-order valence-corrected chi connectivity index (χ3v) is 7.62. The number of fused-ring (bicyclic) bond motifs is 1. The summed E-state index contributed by atoms with van der Waals surface area (Å²) in [5, 5.41) is 11.0. The van der Waals surface area contributed by atoms with Crippen LogP contribution in [0.4, 0.5) is 0 Å². The minimum Gasteiger partial charge on any atom is -0.380 e. The monoisotopic (exact) mass is 443 g/mol. The molecule has 3 atom stereocenters. The van der Waals surface area contributed by atoms with Gasteiger partial charge in [-0.3, -0.25) is 5.10 Å². The predicted molar refractivity (Wildman–Crippen MR) is 137 cm³/mol. The van der Waals surface area contributed by atoms with Gasteiger partial charge in [-0.15, -0.1) is 0 Å². The molecule has 0 bridgehead atoms. The van der Waals surface area contributed by atoms with E-state index in [9.17, 15) is 0 Å². The summed E-state index contributed by atoms with van der Waals surface area (Å²) in [6, 6.07) is 0.214. The Morgan fingerprint density at radius 2 is 2.06 bits per heavy atom. The number of nitrogens with one attached hydrogen (secondary N) is 2. The van der Waals surface area contributed by atoms with Gasteiger partial charge >= 0.3 is 0 Å². The Labute approximate surface area is 198 Å². The van der Waals surface area contributed by atoms with Crippen molar-refractivity contribution in [2.45, 2.75) is 38.6 Å². The van der Waals surface area contributed by atoms with Crippen LogP contribution in [-0.2, 0) is 0 Å². The van der Waals surface area contributed by atoms with Gasteiger partial charge in [0.05, 0.1) is 17.9 Å². The molecule has 1 saturated heterocycles. The van der Waals surface area contributed by atoms with Crippen LogP contribution in [0.5, 0.6) is 0 Å². The van der Waals surface area contributed by atoms with Crippen LogP contribution < -0.4 is 5.32 Å². The Balaban J connectivity index is 1.38. The van der Waals surface area contributed by atoms with E-state index in [0.717, 1.165) is 50.3 Å². The van der Waals surface area contributed by atoms with Gasteiger partial charge in [-0.05, 0) is 49.5 Å². The molecule has 0 amide bonds. The van der Waals surface area contributed by atoms with Crippen LogP contribution in [0.1, 0.15) is 43.9 Å². The molecule has 4 aliphatic rings. The summed E-state index contributed by atoms with van der Waals surface area (Å²) >= 11 is 0. The summed E-state index contributed by atoms with van der Waals surface area (Å²) in [6.07, 6.45) is 22.9. The molecule has 0 aromatic carbocycles. The first kappa shape index (κ1) is 22.0. The molecular formula is C28H37N5. The summed E-state index contributed by atoms with van der Waals surface area (Å²) in [6.45, 7) is 10.8. The fourth-order valence-corrected chi connectivity index (χ4v) is 5.58. The highest BCUT2D eigenvalue weighted by Gasteiger charge is 2.34. The van der Waals surface area contributed by atoms with Crippen LogP contribution in [0.15, 0.2) is 66.2 Å². The Morgan fingerprint density at radius 1 is 1.21 bits per heavy atom. The second kappa shape index (κ2) is 9.60. The van der Waals surface area contributed by atoms with Crippen molar-refractivity contribution in [1.29, 1.82) is 0 Å². The maximum atomic E-state index is 4.26. The number of allylic oxidation sites excluding steroid dienone is 5. The highest BCUT2D eigenvalue weighted by molar-refractivity contribution is 5.83. The Kier molecular flexibility index (Phi) is 6.41. The van der Waals surface area contributed by atoms with Gasteiger partial charge in [-0.25, -0.2) is 0 Å². The molecule has 2 N–H and O–H groups in total. The number of hydrogen-bond donors (Lipinski definition) is 2. The van der Waals surface area contributed by atoms with Gasteiger partial charge < -0.3 is 15.1 Å². The molecule has 2 aliphatic heterocycles. The van der Waals surface area contributed by atoms with E-state index in [2.05, 4.69) is 82.4 Å². The van der Waals surface area contributed by atoms with Gasteiger partial charge in [-0.2, -0.15) is 5.10 Å². The molecule has 33 heavy (non-hydrogen) atoms. The molecule has 5 rings (SSSR count). The molecular weight excluding hydrogens is 406 g/mol. The number of dihydropyridines is 1. The van der Waals surface area contributed by atoms with Gasteiger partial charge in [0.1, 0.15) is 0 Å². The zero-order chi connectivity index (χ0) is 22.8. The van der Waals surface area contributed by atoms with E-state index in [0.29, 0.717) is 11.8 Å². The third-order valence-electron chi connectivity index (χ3n) is 7.62. The van der Waals surface area contributed by atoms with Crippen LogP contribution >= 0.6 is 0 Å². The normalized spacial score (nSPS) is 27.3. The molecule has 3 heterocycles. The Morgan fingerprint density at radius 3 is 2.85 bits per heavy atom. The number of aromatic nitrogens is 2. The van der Waals surface area contributed by atoms with Crippen molar-refractivity contribution in [2.75, 3.05) is 33.2 Å². The maximum Gasteiger partial charge on any atom is 0.0695 e. The molecule has 0 spiro atoms. The SMILES string of the molecule is C=Cc1[nH]ncc1C1=CNC(C2=CC3C(N4CCN(C)CC4)=CCC3C=C2)C=C1CCCC. The standard InChI is InChI=1S/C28H37N5/c1-4-6-7-21-17-27(29-18-24(21)25-19-30-31-26(25)5-2)22-9-8-20-10-11-28(23(20)16-22)33-14-12-32(3)13-15-33/h5,8-9,11,16-20,23,27,29H,2,4,6-7,10,12-15H2,1,3H3,(H,30,31). The third kappa shape index (κ3) is 4.39. The van der Waals surface area contributed by atoms with Crippen molar-refractivity contribution in [3.63, 3.8) is 0 Å². The second-order valence-electron chi connectivity index (χ2n) is 9.77. The van der Waals surface area contributed by atoms with Crippen LogP contribution in [-0.4, -0.2) is 59.3 Å². The molecule has 1 aromatic heterocycles. The molecule has 1 aromatic rings. The van der Waals surface area contributed by atoms with Crippen molar-refractivity contribution in [3.8, 4) is 0 Å². The van der Waals surface area contributed by atoms with E-state index >= 15 is 0 Å². The van der Waals surface area contributed by atoms with E-state index < -0.39 is 0 Å². The first-order valence-electron chi connectivity index (χ1n) is 12.5. The molecule has 0 saturated carbocycles. The molecule has 0 radical (unpaired) electrons. The molecule has 174 valence electrons. The number of rotatable bonds is 7. The van der Waals surface area contributed by atoms with Gasteiger partial charge in [0.2, 0.25) is 0 Å². The Bertz CT molecular complexity index is 1030. The Hall–Kier alpha value is -2.79. The second-order valence-corrected chi connectivity index (χ2v) is 9.77. The quantitative estimate of drug-likeness (QED) is 0.639. The van der Waals surface area contributed by atoms with E-state index in [1.165, 1.54) is 29.6 Å². The topological polar surface area (TPSA) is 47.2 Å². The number of nitrogens with zero attached hydrogens (tertiary/aromatic N) is 3. The lowest BCUT2D eigenvalue weighted by molar-refractivity contribution is 0.176. The summed E-state index contributed by atoms with van der Waals surface area (Å²) in [5.41, 5.74) is 7.69. The van der Waals surface area contributed by atoms with Gasteiger partial charge in [-0.1, -0.05) is 50.3 Å². The highest BCUT2D eigenvalue weighted by Crippen LogP contribution is 2.41. The fourth-order valence-electron chi connectivity index (χ4n) is 5.58. The lowest BCUT2D eigenvalue weighted by atomic mass is 9.82. The zero-order valence-electron chi connectivity index (χ0n) is 20.1. The van der Waals surface area contributed by atoms with Crippen LogP contribution in [0.2, 0.25) is 0 Å². The number of hydrogen-bond acceptors (Lipinski definition) is 4. The van der Waals surface area contributed by atoms with Gasteiger partial charge in [0, 0.05) is 55.1 Å². The smallest absolute Gasteiger partial charge is 0.0695 e. The number of likely N-dealkylation sites (N-methyl/N-ethyl adjacent to an activating group) is 1. The molecule has 5 nitrogen and oxygen atoms in total. The van der Waals surface area contributed by atoms with Crippen molar-refractivity contribution in [2.24, 2.45) is 11.8 Å². The summed E-state index contributed by atoms with van der Waals surface area (Å²) < 4.78 is 0. The van der Waals surface area contributed by atoms with Crippen LogP contribution in [0.3, 0.4) is 0 Å². The largest absolute Gasteiger partial charge is 0.380 e. The lowest BCUT2D eigenvalue weighted by Gasteiger charge is -2.38. The van der Waals surface area contributed by atoms with Gasteiger partial charge in [0.25, 0.3) is 0 Å². The van der Waals surface area contributed by atoms with Crippen molar-refractivity contribution in [3.05, 3.63) is 77.5 Å².